The van der Waals surface area contributed by atoms with Gasteiger partial charge in [0.2, 0.25) is 0 Å². The molecule has 2 N–H and O–H groups in total. The Bertz CT molecular complexity index is 418. The molecule has 1 unspecified atom stereocenters. The molecule has 2 aliphatic rings. The lowest BCUT2D eigenvalue weighted by Crippen LogP contribution is -2.46. The lowest BCUT2D eigenvalue weighted by molar-refractivity contribution is 0.186. The predicted octanol–water partition coefficient (Wildman–Crippen LogP) is 1.82. The minimum absolute atomic E-state index is 0. The van der Waals surface area contributed by atoms with Gasteiger partial charge in [0.1, 0.15) is 0 Å². The molecule has 0 aromatic heterocycles. The summed E-state index contributed by atoms with van der Waals surface area (Å²) in [5.41, 5.74) is 2.16. The number of carbonyl (C=O) groups is 1. The Morgan fingerprint density at radius 2 is 2.12 bits per heavy atom. The third-order valence-corrected chi connectivity index (χ3v) is 3.34. The molecular weight excluding hydrogens is 238 g/mol. The summed E-state index contributed by atoms with van der Waals surface area (Å²) in [5.74, 6) is 0. The van der Waals surface area contributed by atoms with E-state index in [0.29, 0.717) is 6.04 Å². The Hall–Kier alpha value is -1.26. The topological polar surface area (TPSA) is 44.4 Å². The summed E-state index contributed by atoms with van der Waals surface area (Å²) < 4.78 is 0. The average molecular weight is 254 g/mol. The number of fused-ring (bicyclic) bond motifs is 1. The molecule has 1 fully saturated rings. The van der Waals surface area contributed by atoms with Crippen molar-refractivity contribution in [2.24, 2.45) is 0 Å². The second-order valence-electron chi connectivity index (χ2n) is 4.36. The second kappa shape index (κ2) is 4.94. The van der Waals surface area contributed by atoms with Crippen molar-refractivity contribution in [2.45, 2.75) is 19.0 Å². The van der Waals surface area contributed by atoms with E-state index < -0.39 is 0 Å². The van der Waals surface area contributed by atoms with E-state index in [2.05, 4.69) is 16.7 Å². The van der Waals surface area contributed by atoms with Crippen molar-refractivity contribution in [3.8, 4) is 0 Å². The predicted molar refractivity (Wildman–Crippen MR) is 69.5 cm³/mol. The molecule has 0 radical (unpaired) electrons. The maximum atomic E-state index is 11.9. The number of nitrogens with zero attached hydrogens (tertiary/aromatic N) is 1. The van der Waals surface area contributed by atoms with Gasteiger partial charge in [-0.25, -0.2) is 4.79 Å². The summed E-state index contributed by atoms with van der Waals surface area (Å²) in [7, 11) is 0. The van der Waals surface area contributed by atoms with Gasteiger partial charge in [0.15, 0.2) is 0 Å². The first-order chi connectivity index (χ1) is 7.84. The maximum Gasteiger partial charge on any atom is 0.322 e. The zero-order chi connectivity index (χ0) is 11.0. The quantitative estimate of drug-likeness (QED) is 0.802. The highest BCUT2D eigenvalue weighted by atomic mass is 35.5. The van der Waals surface area contributed by atoms with Gasteiger partial charge in [0.25, 0.3) is 0 Å². The van der Waals surface area contributed by atoms with E-state index in [1.807, 2.05) is 23.1 Å². The molecular formula is C12H16ClN3O. The number of benzene rings is 1. The highest BCUT2D eigenvalue weighted by Gasteiger charge is 2.30. The summed E-state index contributed by atoms with van der Waals surface area (Å²) in [5, 5.41) is 6.24. The molecule has 1 atom stereocenters. The number of carbonyl (C=O) groups excluding carboxylic acids is 1. The molecule has 5 heteroatoms. The lowest BCUT2D eigenvalue weighted by Gasteiger charge is -2.33. The van der Waals surface area contributed by atoms with Crippen molar-refractivity contribution in [3.63, 3.8) is 0 Å². The van der Waals surface area contributed by atoms with Crippen molar-refractivity contribution >= 4 is 24.1 Å². The van der Waals surface area contributed by atoms with E-state index in [-0.39, 0.29) is 18.4 Å². The molecule has 0 aliphatic carbocycles. The molecule has 0 saturated carbocycles. The Kier molecular flexibility index (Phi) is 3.54. The maximum absolute atomic E-state index is 11.9. The molecule has 1 aromatic rings. The zero-order valence-electron chi connectivity index (χ0n) is 9.48. The van der Waals surface area contributed by atoms with Crippen LogP contribution in [0.15, 0.2) is 24.3 Å². The van der Waals surface area contributed by atoms with E-state index in [1.165, 1.54) is 5.56 Å². The van der Waals surface area contributed by atoms with Gasteiger partial charge in [-0.1, -0.05) is 18.2 Å². The van der Waals surface area contributed by atoms with Crippen molar-refractivity contribution in [2.75, 3.05) is 18.4 Å². The Morgan fingerprint density at radius 3 is 2.88 bits per heavy atom. The van der Waals surface area contributed by atoms with E-state index >= 15 is 0 Å². The monoisotopic (exact) mass is 253 g/mol. The summed E-state index contributed by atoms with van der Waals surface area (Å²) in [4.78, 5) is 13.9. The molecule has 4 nitrogen and oxygen atoms in total. The number of halogens is 1. The van der Waals surface area contributed by atoms with Crippen LogP contribution >= 0.6 is 12.4 Å². The number of hydrogen-bond acceptors (Lipinski definition) is 2. The highest BCUT2D eigenvalue weighted by Crippen LogP contribution is 2.25. The van der Waals surface area contributed by atoms with Gasteiger partial charge < -0.3 is 15.5 Å². The van der Waals surface area contributed by atoms with Gasteiger partial charge >= 0.3 is 6.03 Å². The van der Waals surface area contributed by atoms with Crippen LogP contribution in [0.25, 0.3) is 0 Å². The van der Waals surface area contributed by atoms with Crippen molar-refractivity contribution < 1.29 is 4.79 Å². The fourth-order valence-electron chi connectivity index (χ4n) is 2.42. The van der Waals surface area contributed by atoms with Crippen LogP contribution in [0.4, 0.5) is 10.5 Å². The Labute approximate surface area is 107 Å². The standard InChI is InChI=1S/C12H15N3O.ClH/c16-12-14-11-4-2-1-3-9(11)8-15(12)10-5-6-13-7-10;/h1-4,10,13H,5-8H2,(H,14,16);1H. The van der Waals surface area contributed by atoms with E-state index in [4.69, 9.17) is 0 Å². The fourth-order valence-corrected chi connectivity index (χ4v) is 2.42. The van der Waals surface area contributed by atoms with Crippen LogP contribution in [0.5, 0.6) is 0 Å². The van der Waals surface area contributed by atoms with Crippen LogP contribution in [0.3, 0.4) is 0 Å². The summed E-state index contributed by atoms with van der Waals surface area (Å²) >= 11 is 0. The van der Waals surface area contributed by atoms with Gasteiger partial charge in [-0.2, -0.15) is 0 Å². The molecule has 92 valence electrons. The molecule has 0 bridgehead atoms. The molecule has 1 aromatic carbocycles. The number of rotatable bonds is 1. The first-order valence-corrected chi connectivity index (χ1v) is 5.71. The van der Waals surface area contributed by atoms with Crippen LogP contribution in [-0.2, 0) is 6.54 Å². The smallest absolute Gasteiger partial charge is 0.316 e. The largest absolute Gasteiger partial charge is 0.322 e. The molecule has 2 amide bonds. The number of urea groups is 1. The third kappa shape index (κ3) is 2.23. The number of amides is 2. The molecule has 3 rings (SSSR count). The fraction of sp³-hybridized carbons (Fsp3) is 0.417. The van der Waals surface area contributed by atoms with Crippen molar-refractivity contribution in [3.05, 3.63) is 29.8 Å². The van der Waals surface area contributed by atoms with Crippen LogP contribution in [0.1, 0.15) is 12.0 Å². The van der Waals surface area contributed by atoms with E-state index in [9.17, 15) is 4.79 Å². The molecule has 2 heterocycles. The number of nitrogens with one attached hydrogen (secondary N) is 2. The van der Waals surface area contributed by atoms with Gasteiger partial charge in [0.05, 0.1) is 0 Å². The summed E-state index contributed by atoms with van der Waals surface area (Å²) in [6.45, 7) is 2.65. The third-order valence-electron chi connectivity index (χ3n) is 3.34. The second-order valence-corrected chi connectivity index (χ2v) is 4.36. The van der Waals surface area contributed by atoms with Crippen LogP contribution in [-0.4, -0.2) is 30.1 Å². The molecule has 2 aliphatic heterocycles. The van der Waals surface area contributed by atoms with Crippen LogP contribution < -0.4 is 10.6 Å². The van der Waals surface area contributed by atoms with Gasteiger partial charge in [-0.3, -0.25) is 0 Å². The minimum atomic E-state index is 0. The normalized spacial score (nSPS) is 22.7. The molecule has 0 spiro atoms. The van der Waals surface area contributed by atoms with Crippen molar-refractivity contribution in [1.29, 1.82) is 0 Å². The highest BCUT2D eigenvalue weighted by molar-refractivity contribution is 5.92. The first-order valence-electron chi connectivity index (χ1n) is 5.71. The van der Waals surface area contributed by atoms with Gasteiger partial charge in [-0.05, 0) is 24.6 Å². The number of para-hydroxylation sites is 1. The molecule has 17 heavy (non-hydrogen) atoms. The van der Waals surface area contributed by atoms with Crippen molar-refractivity contribution in [1.82, 2.24) is 10.2 Å². The Morgan fingerprint density at radius 1 is 1.29 bits per heavy atom. The van der Waals surface area contributed by atoms with Gasteiger partial charge in [0, 0.05) is 24.8 Å². The minimum Gasteiger partial charge on any atom is -0.316 e. The SMILES string of the molecule is Cl.O=C1Nc2ccccc2CN1C1CCNC1. The van der Waals surface area contributed by atoms with Crippen LogP contribution in [0, 0.1) is 0 Å². The summed E-state index contributed by atoms with van der Waals surface area (Å²) in [6.07, 6.45) is 1.05. The van der Waals surface area contributed by atoms with E-state index in [1.54, 1.807) is 0 Å². The van der Waals surface area contributed by atoms with E-state index in [0.717, 1.165) is 31.7 Å². The number of hydrogen-bond donors (Lipinski definition) is 2. The Balaban J connectivity index is 0.00000108. The zero-order valence-corrected chi connectivity index (χ0v) is 10.3. The molecule has 1 saturated heterocycles. The summed E-state index contributed by atoms with van der Waals surface area (Å²) in [6, 6.07) is 8.37. The van der Waals surface area contributed by atoms with Crippen LogP contribution in [0.2, 0.25) is 0 Å². The lowest BCUT2D eigenvalue weighted by atomic mass is 10.1. The number of anilines is 1. The first kappa shape index (κ1) is 12.2. The van der Waals surface area contributed by atoms with Gasteiger partial charge in [-0.15, -0.1) is 12.4 Å². The average Bonchev–Trinajstić information content (AvgIpc) is 2.81.